The summed E-state index contributed by atoms with van der Waals surface area (Å²) in [6.07, 6.45) is 2.04. The van der Waals surface area contributed by atoms with Crippen LogP contribution in [0.2, 0.25) is 0 Å². The van der Waals surface area contributed by atoms with Gasteiger partial charge in [0.25, 0.3) is 5.91 Å². The quantitative estimate of drug-likeness (QED) is 0.445. The van der Waals surface area contributed by atoms with Gasteiger partial charge in [-0.2, -0.15) is 0 Å². The molecule has 1 aliphatic heterocycles. The van der Waals surface area contributed by atoms with Crippen molar-refractivity contribution in [1.82, 2.24) is 9.97 Å². The lowest BCUT2D eigenvalue weighted by Crippen LogP contribution is -2.33. The summed E-state index contributed by atoms with van der Waals surface area (Å²) in [5.74, 6) is 1.18. The summed E-state index contributed by atoms with van der Waals surface area (Å²) in [6, 6.07) is 11.9. The minimum atomic E-state index is -0.769. The van der Waals surface area contributed by atoms with E-state index in [-0.39, 0.29) is 18.6 Å². The van der Waals surface area contributed by atoms with Crippen LogP contribution in [-0.4, -0.2) is 48.7 Å². The number of ether oxygens (including phenoxy) is 2. The second kappa shape index (κ2) is 11.3. The molecule has 9 nitrogen and oxygen atoms in total. The Morgan fingerprint density at radius 1 is 1.26 bits per heavy atom. The van der Waals surface area contributed by atoms with Crippen LogP contribution in [0.15, 0.2) is 48.0 Å². The smallest absolute Gasteiger partial charge is 0.404 e. The summed E-state index contributed by atoms with van der Waals surface area (Å²) < 4.78 is 11.1. The fourth-order valence-electron chi connectivity index (χ4n) is 3.98. The number of thiophene rings is 1. The first-order valence-electron chi connectivity index (χ1n) is 11.4. The Kier molecular flexibility index (Phi) is 7.94. The van der Waals surface area contributed by atoms with Crippen LogP contribution in [-0.2, 0) is 16.1 Å². The average molecular weight is 496 g/mol. The van der Waals surface area contributed by atoms with Gasteiger partial charge in [0.05, 0.1) is 19.3 Å². The van der Waals surface area contributed by atoms with E-state index in [0.717, 1.165) is 16.1 Å². The van der Waals surface area contributed by atoms with Gasteiger partial charge in [0.1, 0.15) is 17.2 Å². The second-order valence-electron chi connectivity index (χ2n) is 8.33. The Bertz CT molecular complexity index is 1170. The molecule has 2 aromatic heterocycles. The summed E-state index contributed by atoms with van der Waals surface area (Å²) in [7, 11) is 1.94. The Labute approximate surface area is 208 Å². The number of primary amides is 1. The average Bonchev–Trinajstić information content (AvgIpc) is 3.34. The first-order chi connectivity index (χ1) is 16.9. The molecule has 3 heterocycles. The van der Waals surface area contributed by atoms with E-state index in [9.17, 15) is 9.59 Å². The first kappa shape index (κ1) is 24.6. The lowest BCUT2D eigenvalue weighted by molar-refractivity contribution is 0.0310. The Balaban J connectivity index is 1.47. The molecule has 10 heteroatoms. The molecule has 0 bridgehead atoms. The fraction of sp³-hybridized carbons (Fsp3) is 0.360. The normalized spacial score (nSPS) is 14.4. The summed E-state index contributed by atoms with van der Waals surface area (Å²) in [5.41, 5.74) is 7.31. The zero-order valence-corrected chi connectivity index (χ0v) is 20.7. The van der Waals surface area contributed by atoms with E-state index >= 15 is 0 Å². The van der Waals surface area contributed by atoms with Crippen molar-refractivity contribution in [3.63, 3.8) is 0 Å². The zero-order chi connectivity index (χ0) is 24.8. The van der Waals surface area contributed by atoms with Gasteiger partial charge in [-0.3, -0.25) is 4.79 Å². The molecule has 0 saturated carbocycles. The van der Waals surface area contributed by atoms with Crippen molar-refractivity contribution in [3.05, 3.63) is 69.8 Å². The van der Waals surface area contributed by atoms with E-state index in [0.29, 0.717) is 49.7 Å². The van der Waals surface area contributed by atoms with Crippen molar-refractivity contribution in [1.29, 1.82) is 0 Å². The van der Waals surface area contributed by atoms with Crippen molar-refractivity contribution < 1.29 is 19.1 Å². The van der Waals surface area contributed by atoms with Gasteiger partial charge < -0.3 is 25.0 Å². The molecule has 1 aliphatic rings. The van der Waals surface area contributed by atoms with Gasteiger partial charge in [0.2, 0.25) is 0 Å². The van der Waals surface area contributed by atoms with Gasteiger partial charge in [-0.25, -0.2) is 14.8 Å². The number of nitrogens with zero attached hydrogens (tertiary/aromatic N) is 4. The molecular weight excluding hydrogens is 466 g/mol. The molecule has 1 aromatic carbocycles. The highest BCUT2D eigenvalue weighted by molar-refractivity contribution is 7.10. The maximum Gasteiger partial charge on any atom is 0.404 e. The summed E-state index contributed by atoms with van der Waals surface area (Å²) in [5, 5.41) is 2.01. The number of benzene rings is 1. The van der Waals surface area contributed by atoms with Gasteiger partial charge in [-0.05, 0) is 48.9 Å². The third kappa shape index (κ3) is 6.14. The number of fused-ring (bicyclic) bond motifs is 1. The lowest BCUT2D eigenvalue weighted by Gasteiger charge is -2.22. The number of carbonyl (C=O) groups is 2. The molecule has 0 aliphatic carbocycles. The molecule has 0 radical (unpaired) electrons. The number of anilines is 2. The summed E-state index contributed by atoms with van der Waals surface area (Å²) in [6.45, 7) is 3.65. The van der Waals surface area contributed by atoms with Crippen LogP contribution in [0.1, 0.15) is 45.6 Å². The van der Waals surface area contributed by atoms with E-state index < -0.39 is 6.09 Å². The number of likely N-dealkylation sites (N-methyl/N-ethyl adjacent to an activating group) is 1. The van der Waals surface area contributed by atoms with Crippen molar-refractivity contribution in [3.8, 4) is 0 Å². The summed E-state index contributed by atoms with van der Waals surface area (Å²) >= 11 is 1.63. The molecule has 2 amide bonds. The van der Waals surface area contributed by atoms with Crippen LogP contribution >= 0.6 is 11.3 Å². The van der Waals surface area contributed by atoms with E-state index in [2.05, 4.69) is 9.97 Å². The highest BCUT2D eigenvalue weighted by Crippen LogP contribution is 2.30. The maximum atomic E-state index is 13.4. The predicted octanol–water partition coefficient (Wildman–Crippen LogP) is 4.08. The largest absolute Gasteiger partial charge is 0.450 e. The minimum absolute atomic E-state index is 0.117. The van der Waals surface area contributed by atoms with Crippen LogP contribution in [0.3, 0.4) is 0 Å². The molecule has 1 atom stereocenters. The molecule has 0 saturated heterocycles. The number of aryl methyl sites for hydroxylation is 1. The number of aromatic nitrogens is 2. The minimum Gasteiger partial charge on any atom is -0.450 e. The molecule has 3 aromatic rings. The molecule has 184 valence electrons. The topological polar surface area (TPSA) is 111 Å². The lowest BCUT2D eigenvalue weighted by atomic mass is 10.1. The van der Waals surface area contributed by atoms with E-state index in [1.807, 2.05) is 60.6 Å². The SMILES string of the molecule is Cc1ncc2c(n1)N(C)CCN(c1cccc(COC(CCCOC(N)=O)c3cccs3)c1)C2=O. The number of rotatable bonds is 9. The van der Waals surface area contributed by atoms with Crippen molar-refractivity contribution in [2.24, 2.45) is 5.73 Å². The third-order valence-electron chi connectivity index (χ3n) is 5.77. The molecule has 4 rings (SSSR count). The Hall–Kier alpha value is -3.50. The number of amides is 2. The Morgan fingerprint density at radius 2 is 2.11 bits per heavy atom. The van der Waals surface area contributed by atoms with Crippen molar-refractivity contribution >= 4 is 34.8 Å². The molecule has 35 heavy (non-hydrogen) atoms. The molecule has 1 unspecified atom stereocenters. The first-order valence-corrected chi connectivity index (χ1v) is 12.3. The molecular formula is C25H29N5O4S. The van der Waals surface area contributed by atoms with Gasteiger partial charge in [0, 0.05) is 36.9 Å². The van der Waals surface area contributed by atoms with E-state index in [1.165, 1.54) is 0 Å². The van der Waals surface area contributed by atoms with Crippen LogP contribution in [0.4, 0.5) is 16.3 Å². The second-order valence-corrected chi connectivity index (χ2v) is 9.31. The Morgan fingerprint density at radius 3 is 2.89 bits per heavy atom. The number of carbonyl (C=O) groups excluding carboxylic acids is 2. The predicted molar refractivity (Wildman–Crippen MR) is 135 cm³/mol. The van der Waals surface area contributed by atoms with Crippen LogP contribution in [0, 0.1) is 6.92 Å². The highest BCUT2D eigenvalue weighted by Gasteiger charge is 2.27. The van der Waals surface area contributed by atoms with Crippen molar-refractivity contribution in [2.75, 3.05) is 36.5 Å². The third-order valence-corrected chi connectivity index (χ3v) is 6.74. The number of nitrogens with two attached hydrogens (primary N) is 1. The highest BCUT2D eigenvalue weighted by atomic mass is 32.1. The van der Waals surface area contributed by atoms with Crippen LogP contribution in [0.25, 0.3) is 0 Å². The zero-order valence-electron chi connectivity index (χ0n) is 19.8. The van der Waals surface area contributed by atoms with Gasteiger partial charge in [-0.15, -0.1) is 11.3 Å². The van der Waals surface area contributed by atoms with E-state index in [1.54, 1.807) is 22.4 Å². The van der Waals surface area contributed by atoms with Gasteiger partial charge >= 0.3 is 6.09 Å². The van der Waals surface area contributed by atoms with Crippen LogP contribution < -0.4 is 15.5 Å². The monoisotopic (exact) mass is 495 g/mol. The fourth-order valence-corrected chi connectivity index (χ4v) is 4.79. The summed E-state index contributed by atoms with van der Waals surface area (Å²) in [4.78, 5) is 37.8. The number of hydrogen-bond donors (Lipinski definition) is 1. The standard InChI is InChI=1S/C25H29N5O4S/c1-17-27-15-20-23(28-17)29(2)10-11-30(24(20)31)19-7-3-6-18(14-19)16-34-21(22-9-5-13-35-22)8-4-12-33-25(26)32/h3,5-7,9,13-15,21H,4,8,10-12,16H2,1-2H3,(H2,26,32). The van der Waals surface area contributed by atoms with Gasteiger partial charge in [0.15, 0.2) is 0 Å². The van der Waals surface area contributed by atoms with Gasteiger partial charge in [-0.1, -0.05) is 18.2 Å². The number of hydrogen-bond acceptors (Lipinski definition) is 8. The molecule has 2 N–H and O–H groups in total. The molecule has 0 spiro atoms. The van der Waals surface area contributed by atoms with Crippen molar-refractivity contribution in [2.45, 2.75) is 32.5 Å². The van der Waals surface area contributed by atoms with E-state index in [4.69, 9.17) is 15.2 Å². The van der Waals surface area contributed by atoms with Crippen LogP contribution in [0.5, 0.6) is 0 Å². The maximum absolute atomic E-state index is 13.4. The molecule has 0 fully saturated rings.